The van der Waals surface area contributed by atoms with E-state index < -0.39 is 9.84 Å². The molecule has 0 spiro atoms. The third kappa shape index (κ3) is 5.56. The molecule has 0 amide bonds. The van der Waals surface area contributed by atoms with Gasteiger partial charge in [0.15, 0.2) is 9.84 Å². The number of aryl methyl sites for hydroxylation is 1. The highest BCUT2D eigenvalue weighted by atomic mass is 32.2. The van der Waals surface area contributed by atoms with Crippen LogP contribution in [0.2, 0.25) is 0 Å². The van der Waals surface area contributed by atoms with Crippen molar-refractivity contribution in [2.75, 3.05) is 20.0 Å². The van der Waals surface area contributed by atoms with E-state index in [1.807, 2.05) is 36.4 Å². The molecule has 0 atom stereocenters. The van der Waals surface area contributed by atoms with E-state index in [1.165, 1.54) is 39.0 Å². The SMILES string of the molecule is COC(=O)CCc1cccc(-c2ccc3cc(S(C)(=O)=O)ccc3c2)c1OCC1CCCC1. The molecular formula is C27H30O5S. The fourth-order valence-corrected chi connectivity index (χ4v) is 5.17. The lowest BCUT2D eigenvalue weighted by Gasteiger charge is -2.19. The fourth-order valence-electron chi connectivity index (χ4n) is 4.52. The standard InChI is InChI=1S/C27H30O5S/c1-31-26(28)15-13-20-8-5-9-25(27(20)32-18-19-6-3-4-7-19)23-11-10-22-17-24(33(2,29)30)14-12-21(22)16-23/h5,8-12,14,16-17,19H,3-4,6-7,13,15,18H2,1-2H3. The van der Waals surface area contributed by atoms with Gasteiger partial charge in [-0.15, -0.1) is 0 Å². The number of carbonyl (C=O) groups is 1. The lowest BCUT2D eigenvalue weighted by molar-refractivity contribution is -0.140. The van der Waals surface area contributed by atoms with Gasteiger partial charge in [0.25, 0.3) is 0 Å². The highest BCUT2D eigenvalue weighted by Crippen LogP contribution is 2.37. The van der Waals surface area contributed by atoms with Crippen LogP contribution in [-0.2, 0) is 25.8 Å². The van der Waals surface area contributed by atoms with E-state index in [4.69, 9.17) is 9.47 Å². The molecule has 5 nitrogen and oxygen atoms in total. The summed E-state index contributed by atoms with van der Waals surface area (Å²) in [7, 11) is -1.85. The minimum Gasteiger partial charge on any atom is -0.492 e. The first-order valence-corrected chi connectivity index (χ1v) is 13.3. The molecule has 3 aromatic carbocycles. The first kappa shape index (κ1) is 23.3. The van der Waals surface area contributed by atoms with Gasteiger partial charge in [0.2, 0.25) is 0 Å². The zero-order valence-corrected chi connectivity index (χ0v) is 20.0. The van der Waals surface area contributed by atoms with Crippen molar-refractivity contribution >= 4 is 26.6 Å². The molecule has 1 aliphatic rings. The van der Waals surface area contributed by atoms with Gasteiger partial charge in [0, 0.05) is 18.2 Å². The van der Waals surface area contributed by atoms with Gasteiger partial charge >= 0.3 is 5.97 Å². The average Bonchev–Trinajstić information content (AvgIpc) is 3.33. The Labute approximate surface area is 195 Å². The van der Waals surface area contributed by atoms with Crippen LogP contribution >= 0.6 is 0 Å². The molecule has 0 saturated heterocycles. The molecule has 0 radical (unpaired) electrons. The Balaban J connectivity index is 1.71. The summed E-state index contributed by atoms with van der Waals surface area (Å²) in [4.78, 5) is 12.1. The van der Waals surface area contributed by atoms with Crippen molar-refractivity contribution < 1.29 is 22.7 Å². The second-order valence-corrected chi connectivity index (χ2v) is 10.8. The molecule has 1 aliphatic carbocycles. The summed E-state index contributed by atoms with van der Waals surface area (Å²) in [6, 6.07) is 17.2. The molecule has 6 heteroatoms. The van der Waals surface area contributed by atoms with E-state index in [0.717, 1.165) is 33.2 Å². The van der Waals surface area contributed by atoms with Crippen molar-refractivity contribution in [1.82, 2.24) is 0 Å². The van der Waals surface area contributed by atoms with E-state index in [-0.39, 0.29) is 5.97 Å². The Morgan fingerprint density at radius 3 is 2.45 bits per heavy atom. The molecule has 0 aromatic heterocycles. The first-order chi connectivity index (χ1) is 15.8. The van der Waals surface area contributed by atoms with Crippen LogP contribution in [0.5, 0.6) is 5.75 Å². The van der Waals surface area contributed by atoms with E-state index in [2.05, 4.69) is 6.07 Å². The topological polar surface area (TPSA) is 69.7 Å². The summed E-state index contributed by atoms with van der Waals surface area (Å²) in [5.41, 5.74) is 2.96. The van der Waals surface area contributed by atoms with Crippen LogP contribution in [0.1, 0.15) is 37.7 Å². The molecule has 0 N–H and O–H groups in total. The number of rotatable bonds is 8. The Morgan fingerprint density at radius 2 is 1.73 bits per heavy atom. The van der Waals surface area contributed by atoms with E-state index in [9.17, 15) is 13.2 Å². The maximum absolute atomic E-state index is 11.9. The van der Waals surface area contributed by atoms with Gasteiger partial charge in [-0.2, -0.15) is 0 Å². The second-order valence-electron chi connectivity index (χ2n) is 8.83. The van der Waals surface area contributed by atoms with Crippen LogP contribution in [0, 0.1) is 5.92 Å². The molecule has 1 fully saturated rings. The minimum atomic E-state index is -3.26. The highest BCUT2D eigenvalue weighted by molar-refractivity contribution is 7.90. The van der Waals surface area contributed by atoms with E-state index in [1.54, 1.807) is 12.1 Å². The summed E-state index contributed by atoms with van der Waals surface area (Å²) in [6.07, 6.45) is 6.96. The normalized spacial score (nSPS) is 14.5. The number of esters is 1. The van der Waals surface area contributed by atoms with Crippen molar-refractivity contribution in [1.29, 1.82) is 0 Å². The second kappa shape index (κ2) is 9.96. The molecule has 4 rings (SSSR count). The third-order valence-corrected chi connectivity index (χ3v) is 7.52. The smallest absolute Gasteiger partial charge is 0.305 e. The van der Waals surface area contributed by atoms with Crippen LogP contribution in [0.3, 0.4) is 0 Å². The van der Waals surface area contributed by atoms with Crippen LogP contribution in [0.25, 0.3) is 21.9 Å². The number of benzene rings is 3. The van der Waals surface area contributed by atoms with Gasteiger partial charge in [-0.1, -0.05) is 49.2 Å². The molecule has 0 heterocycles. The summed E-state index contributed by atoms with van der Waals surface area (Å²) < 4.78 is 35.1. The van der Waals surface area contributed by atoms with E-state index in [0.29, 0.717) is 30.3 Å². The number of ether oxygens (including phenoxy) is 2. The Bertz CT molecular complexity index is 1260. The van der Waals surface area contributed by atoms with Crippen LogP contribution in [0.4, 0.5) is 0 Å². The quantitative estimate of drug-likeness (QED) is 0.405. The van der Waals surface area contributed by atoms with Crippen molar-refractivity contribution in [3.8, 4) is 16.9 Å². The molecule has 0 bridgehead atoms. The summed E-state index contributed by atoms with van der Waals surface area (Å²) >= 11 is 0. The predicted octanol–water partition coefficient (Wildman–Crippen LogP) is 5.58. The van der Waals surface area contributed by atoms with Gasteiger partial charge < -0.3 is 9.47 Å². The molecule has 33 heavy (non-hydrogen) atoms. The largest absolute Gasteiger partial charge is 0.492 e. The number of carbonyl (C=O) groups excluding carboxylic acids is 1. The van der Waals surface area contributed by atoms with Crippen molar-refractivity contribution in [2.45, 2.75) is 43.4 Å². The van der Waals surface area contributed by atoms with Gasteiger partial charge in [0.05, 0.1) is 18.6 Å². The first-order valence-electron chi connectivity index (χ1n) is 11.4. The van der Waals surface area contributed by atoms with Crippen molar-refractivity contribution in [3.63, 3.8) is 0 Å². The van der Waals surface area contributed by atoms with Crippen molar-refractivity contribution in [3.05, 3.63) is 60.2 Å². The molecule has 0 unspecified atom stereocenters. The summed E-state index contributed by atoms with van der Waals surface area (Å²) in [5.74, 6) is 1.15. The number of fused-ring (bicyclic) bond motifs is 1. The number of hydrogen-bond donors (Lipinski definition) is 0. The minimum absolute atomic E-state index is 0.241. The Kier molecular flexibility index (Phi) is 7.03. The van der Waals surface area contributed by atoms with Crippen LogP contribution < -0.4 is 4.74 Å². The number of sulfone groups is 1. The van der Waals surface area contributed by atoms with Gasteiger partial charge in [-0.05, 0) is 65.3 Å². The zero-order valence-electron chi connectivity index (χ0n) is 19.2. The summed E-state index contributed by atoms with van der Waals surface area (Å²) in [5, 5.41) is 1.83. The maximum Gasteiger partial charge on any atom is 0.305 e. The number of methoxy groups -OCH3 is 1. The zero-order chi connectivity index (χ0) is 23.4. The third-order valence-electron chi connectivity index (χ3n) is 6.41. The molecule has 3 aromatic rings. The van der Waals surface area contributed by atoms with E-state index >= 15 is 0 Å². The maximum atomic E-state index is 11.9. The molecule has 1 saturated carbocycles. The van der Waals surface area contributed by atoms with Crippen LogP contribution in [0.15, 0.2) is 59.5 Å². The van der Waals surface area contributed by atoms with Crippen LogP contribution in [-0.4, -0.2) is 34.4 Å². The van der Waals surface area contributed by atoms with Gasteiger partial charge in [0.1, 0.15) is 5.75 Å². The monoisotopic (exact) mass is 466 g/mol. The lowest BCUT2D eigenvalue weighted by atomic mass is 9.96. The lowest BCUT2D eigenvalue weighted by Crippen LogP contribution is -2.11. The Hall–Kier alpha value is -2.86. The van der Waals surface area contributed by atoms with Crippen molar-refractivity contribution in [2.24, 2.45) is 5.92 Å². The number of para-hydroxylation sites is 1. The van der Waals surface area contributed by atoms with Gasteiger partial charge in [-0.3, -0.25) is 4.79 Å². The molecule has 174 valence electrons. The fraction of sp³-hybridized carbons (Fsp3) is 0.370. The average molecular weight is 467 g/mol. The molecular weight excluding hydrogens is 436 g/mol. The predicted molar refractivity (Wildman–Crippen MR) is 130 cm³/mol. The summed E-state index contributed by atoms with van der Waals surface area (Å²) in [6.45, 7) is 0.674. The van der Waals surface area contributed by atoms with Gasteiger partial charge in [-0.25, -0.2) is 8.42 Å². The number of hydrogen-bond acceptors (Lipinski definition) is 5. The molecule has 0 aliphatic heterocycles. The Morgan fingerprint density at radius 1 is 1.00 bits per heavy atom. The highest BCUT2D eigenvalue weighted by Gasteiger charge is 2.19.